The fourth-order valence-corrected chi connectivity index (χ4v) is 3.63. The van der Waals surface area contributed by atoms with Crippen LogP contribution in [0.25, 0.3) is 0 Å². The maximum atomic E-state index is 2.68. The largest absolute Gasteiger partial charge is 0.375 e. The average molecular weight is 290 g/mol. The van der Waals surface area contributed by atoms with Gasteiger partial charge in [0.1, 0.15) is 0 Å². The lowest BCUT2D eigenvalue weighted by atomic mass is 10.0. The van der Waals surface area contributed by atoms with Gasteiger partial charge in [0.2, 0.25) is 0 Å². The molecule has 1 fully saturated rings. The van der Waals surface area contributed by atoms with Crippen molar-refractivity contribution < 1.29 is 0 Å². The minimum absolute atomic E-state index is 1.28. The predicted octanol–water partition coefficient (Wildman–Crippen LogP) is 6.22. The molecule has 0 aromatic rings. The summed E-state index contributed by atoms with van der Waals surface area (Å²) in [6.45, 7) is 4.88. The second-order valence-corrected chi connectivity index (χ2v) is 6.87. The highest BCUT2D eigenvalue weighted by Gasteiger charge is 2.14. The summed E-state index contributed by atoms with van der Waals surface area (Å²) in [6, 6.07) is 0. The minimum atomic E-state index is 1.28. The first-order chi connectivity index (χ1) is 10.4. The van der Waals surface area contributed by atoms with Gasteiger partial charge < -0.3 is 4.90 Å². The van der Waals surface area contributed by atoms with Gasteiger partial charge in [-0.25, -0.2) is 0 Å². The molecule has 0 amide bonds. The number of rotatable bonds is 7. The maximum Gasteiger partial charge on any atom is 0.0177 e. The summed E-state index contributed by atoms with van der Waals surface area (Å²) in [7, 11) is 0. The van der Waals surface area contributed by atoms with Gasteiger partial charge in [0.15, 0.2) is 0 Å². The molecule has 0 aromatic carbocycles. The molecule has 0 atom stereocenters. The summed E-state index contributed by atoms with van der Waals surface area (Å²) >= 11 is 0. The van der Waals surface area contributed by atoms with Crippen LogP contribution in [-0.4, -0.2) is 18.0 Å². The Morgan fingerprint density at radius 3 is 2.62 bits per heavy atom. The highest BCUT2D eigenvalue weighted by molar-refractivity contribution is 5.24. The zero-order valence-electron chi connectivity index (χ0n) is 14.2. The van der Waals surface area contributed by atoms with Gasteiger partial charge in [-0.3, -0.25) is 0 Å². The Balaban J connectivity index is 1.81. The molecule has 2 aliphatic rings. The summed E-state index contributed by atoms with van der Waals surface area (Å²) in [4.78, 5) is 2.68. The normalized spacial score (nSPS) is 20.0. The SMILES string of the molecule is CCCCCCCCC1=CCCCN2CCCCCC2=C1. The van der Waals surface area contributed by atoms with Crippen LogP contribution in [0.3, 0.4) is 0 Å². The first-order valence-electron chi connectivity index (χ1n) is 9.54. The van der Waals surface area contributed by atoms with Crippen LogP contribution < -0.4 is 0 Å². The molecule has 21 heavy (non-hydrogen) atoms. The van der Waals surface area contributed by atoms with E-state index in [-0.39, 0.29) is 0 Å². The van der Waals surface area contributed by atoms with Crippen molar-refractivity contribution in [2.45, 2.75) is 90.4 Å². The van der Waals surface area contributed by atoms with Crippen LogP contribution >= 0.6 is 0 Å². The first kappa shape index (κ1) is 16.6. The van der Waals surface area contributed by atoms with E-state index >= 15 is 0 Å². The summed E-state index contributed by atoms with van der Waals surface area (Å²) in [5, 5.41) is 0. The Labute approximate surface area is 132 Å². The lowest BCUT2D eigenvalue weighted by Gasteiger charge is -2.27. The van der Waals surface area contributed by atoms with E-state index < -0.39 is 0 Å². The molecular weight excluding hydrogens is 254 g/mol. The quantitative estimate of drug-likeness (QED) is 0.503. The Morgan fingerprint density at radius 2 is 1.71 bits per heavy atom. The second kappa shape index (κ2) is 10.1. The van der Waals surface area contributed by atoms with Crippen LogP contribution in [0.4, 0.5) is 0 Å². The third-order valence-electron chi connectivity index (χ3n) is 4.98. The van der Waals surface area contributed by atoms with E-state index in [1.807, 2.05) is 0 Å². The van der Waals surface area contributed by atoms with Gasteiger partial charge in [-0.1, -0.05) is 57.1 Å². The van der Waals surface area contributed by atoms with Gasteiger partial charge in [0.25, 0.3) is 0 Å². The zero-order valence-corrected chi connectivity index (χ0v) is 14.2. The van der Waals surface area contributed by atoms with E-state index in [1.165, 1.54) is 96.6 Å². The van der Waals surface area contributed by atoms with Gasteiger partial charge in [-0.15, -0.1) is 0 Å². The molecule has 2 aliphatic heterocycles. The summed E-state index contributed by atoms with van der Waals surface area (Å²) < 4.78 is 0. The van der Waals surface area contributed by atoms with Gasteiger partial charge in [-0.05, 0) is 51.0 Å². The van der Waals surface area contributed by atoms with Crippen molar-refractivity contribution in [1.29, 1.82) is 0 Å². The van der Waals surface area contributed by atoms with Crippen LogP contribution in [-0.2, 0) is 0 Å². The zero-order chi connectivity index (χ0) is 14.8. The Kier molecular flexibility index (Phi) is 7.99. The molecular formula is C20H35N. The first-order valence-corrected chi connectivity index (χ1v) is 9.54. The van der Waals surface area contributed by atoms with E-state index in [1.54, 1.807) is 11.3 Å². The molecule has 1 heteroatoms. The third-order valence-corrected chi connectivity index (χ3v) is 4.98. The fourth-order valence-electron chi connectivity index (χ4n) is 3.63. The molecule has 1 nitrogen and oxygen atoms in total. The average Bonchev–Trinajstić information content (AvgIpc) is 2.69. The van der Waals surface area contributed by atoms with Gasteiger partial charge in [0.05, 0.1) is 0 Å². The van der Waals surface area contributed by atoms with E-state index in [4.69, 9.17) is 0 Å². The van der Waals surface area contributed by atoms with Crippen molar-refractivity contribution in [2.75, 3.05) is 13.1 Å². The van der Waals surface area contributed by atoms with Crippen LogP contribution in [0, 0.1) is 0 Å². The molecule has 1 saturated heterocycles. The number of hydrogen-bond donors (Lipinski definition) is 0. The van der Waals surface area contributed by atoms with Crippen molar-refractivity contribution in [3.63, 3.8) is 0 Å². The molecule has 0 radical (unpaired) electrons. The number of unbranched alkanes of at least 4 members (excludes halogenated alkanes) is 5. The molecule has 0 N–H and O–H groups in total. The Morgan fingerprint density at radius 1 is 0.905 bits per heavy atom. The monoisotopic (exact) mass is 289 g/mol. The molecule has 120 valence electrons. The molecule has 0 saturated carbocycles. The molecule has 0 aliphatic carbocycles. The molecule has 0 bridgehead atoms. The van der Waals surface area contributed by atoms with Crippen molar-refractivity contribution in [3.05, 3.63) is 23.4 Å². The highest BCUT2D eigenvalue weighted by Crippen LogP contribution is 2.25. The smallest absolute Gasteiger partial charge is 0.0177 e. The Hall–Kier alpha value is -0.720. The number of hydrogen-bond acceptors (Lipinski definition) is 1. The number of fused-ring (bicyclic) bond motifs is 1. The van der Waals surface area contributed by atoms with Gasteiger partial charge in [0, 0.05) is 18.8 Å². The van der Waals surface area contributed by atoms with Crippen LogP contribution in [0.1, 0.15) is 90.4 Å². The fraction of sp³-hybridized carbons (Fsp3) is 0.800. The van der Waals surface area contributed by atoms with Crippen LogP contribution in [0.5, 0.6) is 0 Å². The lowest BCUT2D eigenvalue weighted by Crippen LogP contribution is -2.25. The molecule has 0 unspecified atom stereocenters. The summed E-state index contributed by atoms with van der Waals surface area (Å²) in [6.07, 6.45) is 23.0. The van der Waals surface area contributed by atoms with E-state index in [0.29, 0.717) is 0 Å². The van der Waals surface area contributed by atoms with Crippen molar-refractivity contribution in [1.82, 2.24) is 4.90 Å². The standard InChI is InChI=1S/C20H35N/c1-2-3-4-5-6-8-13-19-14-10-12-17-21-16-11-7-9-15-20(21)18-19/h14,18H,2-13,15-17H2,1H3. The summed E-state index contributed by atoms with van der Waals surface area (Å²) in [5.41, 5.74) is 3.27. The topological polar surface area (TPSA) is 3.24 Å². The van der Waals surface area contributed by atoms with E-state index in [9.17, 15) is 0 Å². The van der Waals surface area contributed by atoms with Crippen LogP contribution in [0.2, 0.25) is 0 Å². The lowest BCUT2D eigenvalue weighted by molar-refractivity contribution is 0.338. The summed E-state index contributed by atoms with van der Waals surface area (Å²) in [5.74, 6) is 0. The molecule has 2 heterocycles. The predicted molar refractivity (Wildman–Crippen MR) is 93.4 cm³/mol. The number of nitrogens with zero attached hydrogens (tertiary/aromatic N) is 1. The molecule has 0 spiro atoms. The molecule has 0 aromatic heterocycles. The van der Waals surface area contributed by atoms with E-state index in [0.717, 1.165) is 0 Å². The highest BCUT2D eigenvalue weighted by atomic mass is 15.1. The van der Waals surface area contributed by atoms with Crippen molar-refractivity contribution >= 4 is 0 Å². The van der Waals surface area contributed by atoms with Gasteiger partial charge >= 0.3 is 0 Å². The third kappa shape index (κ3) is 6.28. The van der Waals surface area contributed by atoms with Crippen molar-refractivity contribution in [3.8, 4) is 0 Å². The van der Waals surface area contributed by atoms with Gasteiger partial charge in [-0.2, -0.15) is 0 Å². The minimum Gasteiger partial charge on any atom is -0.375 e. The molecule has 2 rings (SSSR count). The van der Waals surface area contributed by atoms with Crippen LogP contribution in [0.15, 0.2) is 23.4 Å². The second-order valence-electron chi connectivity index (χ2n) is 6.87. The maximum absolute atomic E-state index is 2.68. The number of allylic oxidation sites excluding steroid dienone is 4. The van der Waals surface area contributed by atoms with Crippen molar-refractivity contribution in [2.24, 2.45) is 0 Å². The Bertz CT molecular complexity index is 338. The van der Waals surface area contributed by atoms with E-state index in [2.05, 4.69) is 24.0 Å².